The zero-order valence-electron chi connectivity index (χ0n) is 5.96. The van der Waals surface area contributed by atoms with Gasteiger partial charge in [-0.3, -0.25) is 0 Å². The topological polar surface area (TPSA) is 9.23 Å². The molecule has 0 saturated carbocycles. The summed E-state index contributed by atoms with van der Waals surface area (Å²) in [4.78, 5) is 1.42. The average Bonchev–Trinajstić information content (AvgIpc) is 2.36. The van der Waals surface area contributed by atoms with Gasteiger partial charge in [0.25, 0.3) is 0 Å². The van der Waals surface area contributed by atoms with Crippen LogP contribution in [0.2, 0.25) is 0 Å². The van der Waals surface area contributed by atoms with Crippen molar-refractivity contribution in [2.24, 2.45) is 0 Å². The van der Waals surface area contributed by atoms with Crippen LogP contribution in [0.3, 0.4) is 0 Å². The number of thiophene rings is 1. The summed E-state index contributed by atoms with van der Waals surface area (Å²) in [6.07, 6.45) is 1.44. The molecular weight excluding hydrogens is 144 g/mol. The molecule has 10 heavy (non-hydrogen) atoms. The molecule has 2 rings (SSSR count). The van der Waals surface area contributed by atoms with Crippen LogP contribution in [0.15, 0.2) is 11.4 Å². The highest BCUT2D eigenvalue weighted by molar-refractivity contribution is 7.10. The molecule has 0 aromatic carbocycles. The maximum absolute atomic E-state index is 5.47. The summed E-state index contributed by atoms with van der Waals surface area (Å²) in [5.74, 6) is 0. The Labute approximate surface area is 64.6 Å². The molecule has 0 spiro atoms. The first-order chi connectivity index (χ1) is 4.88. The van der Waals surface area contributed by atoms with Crippen molar-refractivity contribution >= 4 is 11.3 Å². The van der Waals surface area contributed by atoms with Gasteiger partial charge in [0.2, 0.25) is 0 Å². The Balaban J connectivity index is 2.41. The first-order valence-corrected chi connectivity index (χ1v) is 4.44. The maximum atomic E-state index is 5.47. The van der Waals surface area contributed by atoms with Gasteiger partial charge < -0.3 is 4.74 Å². The SMILES string of the molecule is C[C@H]1OCCc2ccsc21. The van der Waals surface area contributed by atoms with Gasteiger partial charge in [-0.25, -0.2) is 0 Å². The fourth-order valence-electron chi connectivity index (χ4n) is 1.33. The quantitative estimate of drug-likeness (QED) is 0.557. The van der Waals surface area contributed by atoms with E-state index in [9.17, 15) is 0 Å². The van der Waals surface area contributed by atoms with Crippen LogP contribution >= 0.6 is 11.3 Å². The Morgan fingerprint density at radius 2 is 2.60 bits per heavy atom. The number of rotatable bonds is 0. The fourth-order valence-corrected chi connectivity index (χ4v) is 2.29. The molecule has 2 heterocycles. The predicted octanol–water partition coefficient (Wildman–Crippen LogP) is 2.38. The van der Waals surface area contributed by atoms with Gasteiger partial charge >= 0.3 is 0 Å². The van der Waals surface area contributed by atoms with Crippen molar-refractivity contribution in [2.45, 2.75) is 19.4 Å². The Kier molecular flexibility index (Phi) is 1.51. The average molecular weight is 154 g/mol. The molecule has 0 aliphatic carbocycles. The lowest BCUT2D eigenvalue weighted by Crippen LogP contribution is -2.10. The molecule has 2 heteroatoms. The summed E-state index contributed by atoms with van der Waals surface area (Å²) in [5, 5.41) is 2.15. The minimum atomic E-state index is 0.337. The van der Waals surface area contributed by atoms with Crippen molar-refractivity contribution in [1.82, 2.24) is 0 Å². The highest BCUT2D eigenvalue weighted by atomic mass is 32.1. The van der Waals surface area contributed by atoms with E-state index >= 15 is 0 Å². The van der Waals surface area contributed by atoms with Crippen molar-refractivity contribution in [1.29, 1.82) is 0 Å². The zero-order chi connectivity index (χ0) is 6.97. The van der Waals surface area contributed by atoms with E-state index in [4.69, 9.17) is 4.74 Å². The molecule has 1 aliphatic rings. The molecule has 0 amide bonds. The summed E-state index contributed by atoms with van der Waals surface area (Å²) in [5.41, 5.74) is 1.49. The summed E-state index contributed by atoms with van der Waals surface area (Å²) in [7, 11) is 0. The third kappa shape index (κ3) is 0.879. The molecule has 0 N–H and O–H groups in total. The van der Waals surface area contributed by atoms with E-state index in [0.717, 1.165) is 13.0 Å². The number of hydrogen-bond acceptors (Lipinski definition) is 2. The minimum Gasteiger partial charge on any atom is -0.373 e. The van der Waals surface area contributed by atoms with Crippen molar-refractivity contribution in [3.8, 4) is 0 Å². The Morgan fingerprint density at radius 1 is 1.70 bits per heavy atom. The Morgan fingerprint density at radius 3 is 3.40 bits per heavy atom. The van der Waals surface area contributed by atoms with Gasteiger partial charge in [0.1, 0.15) is 0 Å². The molecule has 1 aromatic heterocycles. The Bertz CT molecular complexity index is 229. The largest absolute Gasteiger partial charge is 0.373 e. The number of fused-ring (bicyclic) bond motifs is 1. The van der Waals surface area contributed by atoms with Gasteiger partial charge in [0.05, 0.1) is 12.7 Å². The van der Waals surface area contributed by atoms with Crippen LogP contribution in [0.25, 0.3) is 0 Å². The molecule has 1 nitrogen and oxygen atoms in total. The lowest BCUT2D eigenvalue weighted by Gasteiger charge is -2.18. The molecule has 0 radical (unpaired) electrons. The first kappa shape index (κ1) is 6.38. The highest BCUT2D eigenvalue weighted by Gasteiger charge is 2.16. The van der Waals surface area contributed by atoms with E-state index in [0.29, 0.717) is 6.10 Å². The van der Waals surface area contributed by atoms with Gasteiger partial charge in [-0.2, -0.15) is 0 Å². The van der Waals surface area contributed by atoms with E-state index in [1.54, 1.807) is 0 Å². The predicted molar refractivity (Wildman–Crippen MR) is 42.4 cm³/mol. The lowest BCUT2D eigenvalue weighted by atomic mass is 10.1. The van der Waals surface area contributed by atoms with E-state index in [-0.39, 0.29) is 0 Å². The van der Waals surface area contributed by atoms with Gasteiger partial charge in [-0.1, -0.05) is 0 Å². The zero-order valence-corrected chi connectivity index (χ0v) is 6.78. The molecule has 54 valence electrons. The molecular formula is C8H10OS. The monoisotopic (exact) mass is 154 g/mol. The van der Waals surface area contributed by atoms with E-state index in [1.807, 2.05) is 11.3 Å². The fraction of sp³-hybridized carbons (Fsp3) is 0.500. The third-order valence-corrected chi connectivity index (χ3v) is 3.01. The number of ether oxygens (including phenoxy) is 1. The molecule has 1 aromatic rings. The summed E-state index contributed by atoms with van der Waals surface area (Å²) in [6, 6.07) is 2.21. The van der Waals surface area contributed by atoms with Crippen LogP contribution in [-0.2, 0) is 11.2 Å². The van der Waals surface area contributed by atoms with E-state index < -0.39 is 0 Å². The second-order valence-electron chi connectivity index (χ2n) is 2.57. The van der Waals surface area contributed by atoms with Crippen molar-refractivity contribution in [2.75, 3.05) is 6.61 Å². The normalized spacial score (nSPS) is 24.3. The van der Waals surface area contributed by atoms with E-state index in [2.05, 4.69) is 18.4 Å². The highest BCUT2D eigenvalue weighted by Crippen LogP contribution is 2.30. The van der Waals surface area contributed by atoms with Gasteiger partial charge in [0.15, 0.2) is 0 Å². The second-order valence-corrected chi connectivity index (χ2v) is 3.52. The van der Waals surface area contributed by atoms with Crippen molar-refractivity contribution in [3.05, 3.63) is 21.9 Å². The van der Waals surface area contributed by atoms with Crippen LogP contribution in [0.5, 0.6) is 0 Å². The summed E-state index contributed by atoms with van der Waals surface area (Å²) < 4.78 is 5.47. The molecule has 0 fully saturated rings. The molecule has 0 saturated heterocycles. The smallest absolute Gasteiger partial charge is 0.0891 e. The maximum Gasteiger partial charge on any atom is 0.0891 e. The summed E-state index contributed by atoms with van der Waals surface area (Å²) in [6.45, 7) is 3.01. The van der Waals surface area contributed by atoms with Gasteiger partial charge in [-0.15, -0.1) is 11.3 Å². The molecule has 0 bridgehead atoms. The third-order valence-electron chi connectivity index (χ3n) is 1.89. The molecule has 1 aliphatic heterocycles. The van der Waals surface area contributed by atoms with Crippen molar-refractivity contribution < 1.29 is 4.74 Å². The van der Waals surface area contributed by atoms with Crippen LogP contribution in [0.4, 0.5) is 0 Å². The second kappa shape index (κ2) is 2.36. The van der Waals surface area contributed by atoms with Crippen LogP contribution < -0.4 is 0 Å². The van der Waals surface area contributed by atoms with Gasteiger partial charge in [0, 0.05) is 4.88 Å². The standard InChI is InChI=1S/C8H10OS/c1-6-8-7(2-4-9-6)3-5-10-8/h3,5-6H,2,4H2,1H3/t6-/m1/s1. The lowest BCUT2D eigenvalue weighted by molar-refractivity contribution is 0.0586. The van der Waals surface area contributed by atoms with Crippen LogP contribution in [0, 0.1) is 0 Å². The minimum absolute atomic E-state index is 0.337. The molecule has 0 unspecified atom stereocenters. The van der Waals surface area contributed by atoms with Crippen LogP contribution in [0.1, 0.15) is 23.5 Å². The van der Waals surface area contributed by atoms with E-state index in [1.165, 1.54) is 10.4 Å². The van der Waals surface area contributed by atoms with Crippen molar-refractivity contribution in [3.63, 3.8) is 0 Å². The Hall–Kier alpha value is -0.340. The number of hydrogen-bond donors (Lipinski definition) is 0. The summed E-state index contributed by atoms with van der Waals surface area (Å²) >= 11 is 1.81. The first-order valence-electron chi connectivity index (χ1n) is 3.56. The van der Waals surface area contributed by atoms with Gasteiger partial charge in [-0.05, 0) is 30.4 Å². The van der Waals surface area contributed by atoms with Crippen LogP contribution in [-0.4, -0.2) is 6.61 Å². The molecule has 1 atom stereocenters.